The molecule has 0 amide bonds. The SMILES string of the molecule is CCc1cc(F)c(C2=CCc3c(cc(F)c(-c4ccc(F)cc4)c3F)C2)c(F)c1. The summed E-state index contributed by atoms with van der Waals surface area (Å²) in [5.41, 5.74) is 1.38. The molecule has 4 rings (SSSR count). The fourth-order valence-electron chi connectivity index (χ4n) is 3.80. The molecule has 0 atom stereocenters. The van der Waals surface area contributed by atoms with Crippen LogP contribution in [0.2, 0.25) is 0 Å². The Morgan fingerprint density at radius 1 is 0.793 bits per heavy atom. The van der Waals surface area contributed by atoms with Crippen LogP contribution in [-0.4, -0.2) is 0 Å². The van der Waals surface area contributed by atoms with Gasteiger partial charge in [0.25, 0.3) is 0 Å². The van der Waals surface area contributed by atoms with Crippen molar-refractivity contribution >= 4 is 5.57 Å². The number of aryl methyl sites for hydroxylation is 1. The summed E-state index contributed by atoms with van der Waals surface area (Å²) in [6.45, 7) is 1.80. The van der Waals surface area contributed by atoms with E-state index in [4.69, 9.17) is 0 Å². The van der Waals surface area contributed by atoms with Crippen molar-refractivity contribution in [1.82, 2.24) is 0 Å². The molecule has 0 N–H and O–H groups in total. The Morgan fingerprint density at radius 2 is 1.41 bits per heavy atom. The molecule has 0 nitrogen and oxygen atoms in total. The van der Waals surface area contributed by atoms with E-state index in [1.54, 1.807) is 13.0 Å². The molecule has 3 aromatic rings. The van der Waals surface area contributed by atoms with Crippen molar-refractivity contribution < 1.29 is 22.0 Å². The molecule has 148 valence electrons. The molecule has 0 aromatic heterocycles. The number of hydrogen-bond donors (Lipinski definition) is 0. The van der Waals surface area contributed by atoms with Crippen molar-refractivity contribution in [3.05, 3.63) is 99.9 Å². The molecule has 3 aromatic carbocycles. The molecule has 0 unspecified atom stereocenters. The van der Waals surface area contributed by atoms with Gasteiger partial charge in [-0.2, -0.15) is 0 Å². The van der Waals surface area contributed by atoms with Gasteiger partial charge in [-0.15, -0.1) is 0 Å². The maximum absolute atomic E-state index is 15.1. The van der Waals surface area contributed by atoms with Crippen LogP contribution in [0.3, 0.4) is 0 Å². The highest BCUT2D eigenvalue weighted by atomic mass is 19.1. The Morgan fingerprint density at radius 3 is 2.03 bits per heavy atom. The molecular formula is C24H17F5. The molecule has 29 heavy (non-hydrogen) atoms. The van der Waals surface area contributed by atoms with Crippen LogP contribution in [0.4, 0.5) is 22.0 Å². The lowest BCUT2D eigenvalue weighted by atomic mass is 9.85. The normalized spacial score (nSPS) is 13.2. The van der Waals surface area contributed by atoms with Gasteiger partial charge in [0.05, 0.1) is 5.56 Å². The van der Waals surface area contributed by atoms with Crippen LogP contribution in [0.5, 0.6) is 0 Å². The summed E-state index contributed by atoms with van der Waals surface area (Å²) in [7, 11) is 0. The van der Waals surface area contributed by atoms with Gasteiger partial charge in [-0.05, 0) is 77.4 Å². The van der Waals surface area contributed by atoms with E-state index in [2.05, 4.69) is 0 Å². The molecule has 0 bridgehead atoms. The van der Waals surface area contributed by atoms with Gasteiger partial charge in [0.2, 0.25) is 0 Å². The van der Waals surface area contributed by atoms with Gasteiger partial charge in [0, 0.05) is 5.56 Å². The average Bonchev–Trinajstić information content (AvgIpc) is 2.68. The molecule has 1 aliphatic rings. The van der Waals surface area contributed by atoms with Gasteiger partial charge in [-0.3, -0.25) is 0 Å². The van der Waals surface area contributed by atoms with Crippen LogP contribution < -0.4 is 0 Å². The van der Waals surface area contributed by atoms with E-state index >= 15 is 4.39 Å². The van der Waals surface area contributed by atoms with Gasteiger partial charge < -0.3 is 0 Å². The van der Waals surface area contributed by atoms with E-state index in [1.165, 1.54) is 30.3 Å². The monoisotopic (exact) mass is 400 g/mol. The second kappa shape index (κ2) is 7.47. The van der Waals surface area contributed by atoms with E-state index in [1.807, 2.05) is 0 Å². The molecule has 0 heterocycles. The van der Waals surface area contributed by atoms with Crippen LogP contribution in [0, 0.1) is 29.1 Å². The van der Waals surface area contributed by atoms with Gasteiger partial charge in [-0.1, -0.05) is 25.1 Å². The first kappa shape index (κ1) is 19.4. The zero-order valence-electron chi connectivity index (χ0n) is 15.6. The lowest BCUT2D eigenvalue weighted by Crippen LogP contribution is -2.10. The van der Waals surface area contributed by atoms with Crippen molar-refractivity contribution in [1.29, 1.82) is 0 Å². The highest BCUT2D eigenvalue weighted by Crippen LogP contribution is 2.37. The predicted molar refractivity (Wildman–Crippen MR) is 103 cm³/mol. The molecule has 5 heteroatoms. The lowest BCUT2D eigenvalue weighted by Gasteiger charge is -2.21. The van der Waals surface area contributed by atoms with E-state index in [9.17, 15) is 17.6 Å². The van der Waals surface area contributed by atoms with Crippen LogP contribution in [0.25, 0.3) is 16.7 Å². The highest BCUT2D eigenvalue weighted by Gasteiger charge is 2.25. The third-order valence-corrected chi connectivity index (χ3v) is 5.31. The smallest absolute Gasteiger partial charge is 0.137 e. The quantitative estimate of drug-likeness (QED) is 0.425. The van der Waals surface area contributed by atoms with E-state index < -0.39 is 29.1 Å². The number of benzene rings is 3. The van der Waals surface area contributed by atoms with Crippen LogP contribution in [-0.2, 0) is 19.3 Å². The van der Waals surface area contributed by atoms with E-state index in [0.717, 1.165) is 12.1 Å². The first-order valence-electron chi connectivity index (χ1n) is 9.32. The summed E-state index contributed by atoms with van der Waals surface area (Å²) in [6.07, 6.45) is 2.18. The fourth-order valence-corrected chi connectivity index (χ4v) is 3.80. The Balaban J connectivity index is 1.76. The molecule has 0 radical (unpaired) electrons. The minimum absolute atomic E-state index is 0.0200. The summed E-state index contributed by atoms with van der Waals surface area (Å²) in [5.74, 6) is -3.39. The van der Waals surface area contributed by atoms with E-state index in [0.29, 0.717) is 23.1 Å². The molecule has 1 aliphatic carbocycles. The highest BCUT2D eigenvalue weighted by molar-refractivity contribution is 5.74. The summed E-state index contributed by atoms with van der Waals surface area (Å²) >= 11 is 0. The van der Waals surface area contributed by atoms with Gasteiger partial charge >= 0.3 is 0 Å². The Bertz CT molecular complexity index is 1100. The molecule has 0 spiro atoms. The van der Waals surface area contributed by atoms with Crippen LogP contribution in [0.15, 0.2) is 48.5 Å². The number of fused-ring (bicyclic) bond motifs is 1. The van der Waals surface area contributed by atoms with Gasteiger partial charge in [0.15, 0.2) is 0 Å². The van der Waals surface area contributed by atoms with Crippen LogP contribution in [0.1, 0.15) is 29.2 Å². The largest absolute Gasteiger partial charge is 0.207 e. The van der Waals surface area contributed by atoms with Crippen LogP contribution >= 0.6 is 0 Å². The van der Waals surface area contributed by atoms with Crippen molar-refractivity contribution in [3.63, 3.8) is 0 Å². The predicted octanol–water partition coefficient (Wildman–Crippen LogP) is 6.79. The molecule has 0 aliphatic heterocycles. The zero-order chi connectivity index (χ0) is 20.7. The summed E-state index contributed by atoms with van der Waals surface area (Å²) in [5, 5.41) is 0. The van der Waals surface area contributed by atoms with Gasteiger partial charge in [0.1, 0.15) is 29.1 Å². The maximum Gasteiger partial charge on any atom is 0.137 e. The molecule has 0 saturated heterocycles. The second-order valence-corrected chi connectivity index (χ2v) is 7.09. The first-order valence-corrected chi connectivity index (χ1v) is 9.32. The van der Waals surface area contributed by atoms with Crippen molar-refractivity contribution in [2.24, 2.45) is 0 Å². The third kappa shape index (κ3) is 3.46. The topological polar surface area (TPSA) is 0 Å². The minimum Gasteiger partial charge on any atom is -0.207 e. The summed E-state index contributed by atoms with van der Waals surface area (Å²) < 4.78 is 71.9. The third-order valence-electron chi connectivity index (χ3n) is 5.31. The Kier molecular flexibility index (Phi) is 4.99. The lowest BCUT2D eigenvalue weighted by molar-refractivity contribution is 0.570. The number of halogens is 5. The molecular weight excluding hydrogens is 383 g/mol. The Hall–Kier alpha value is -2.95. The van der Waals surface area contributed by atoms with E-state index in [-0.39, 0.29) is 35.1 Å². The molecule has 0 saturated carbocycles. The van der Waals surface area contributed by atoms with Gasteiger partial charge in [-0.25, -0.2) is 22.0 Å². The maximum atomic E-state index is 15.1. The number of rotatable bonds is 3. The number of allylic oxidation sites excluding steroid dienone is 2. The minimum atomic E-state index is -0.795. The number of hydrogen-bond acceptors (Lipinski definition) is 0. The molecule has 0 fully saturated rings. The average molecular weight is 400 g/mol. The van der Waals surface area contributed by atoms with Crippen molar-refractivity contribution in [2.75, 3.05) is 0 Å². The first-order chi connectivity index (χ1) is 13.9. The summed E-state index contributed by atoms with van der Waals surface area (Å²) in [6, 6.07) is 8.66. The Labute approximate surface area is 165 Å². The standard InChI is InChI=1S/C24H17F5/c1-2-13-9-19(26)22(20(27)10-13)15-5-8-18-16(11-15)12-21(28)23(24(18)29)14-3-6-17(25)7-4-14/h3-7,9-10,12H,2,8,11H2,1H3. The summed E-state index contributed by atoms with van der Waals surface area (Å²) in [4.78, 5) is 0. The van der Waals surface area contributed by atoms with Crippen molar-refractivity contribution in [2.45, 2.75) is 26.2 Å². The second-order valence-electron chi connectivity index (χ2n) is 7.09. The fraction of sp³-hybridized carbons (Fsp3) is 0.167. The van der Waals surface area contributed by atoms with Crippen molar-refractivity contribution in [3.8, 4) is 11.1 Å². The zero-order valence-corrected chi connectivity index (χ0v) is 15.6.